The molecule has 1 unspecified atom stereocenters. The van der Waals surface area contributed by atoms with Crippen molar-refractivity contribution in [2.75, 3.05) is 43.3 Å². The molecule has 0 saturated carbocycles. The Morgan fingerprint density at radius 1 is 1.18 bits per heavy atom. The minimum atomic E-state index is -0.911. The van der Waals surface area contributed by atoms with Gasteiger partial charge < -0.3 is 24.6 Å². The standard InChI is InChI=1S/C26H32ClN7O4/c1-32(23-16-20(27)7-8-22(23)34(18-28)31-29)17-25(36)33(11-12-35)24(15-19-5-3-2-4-6-19)26(37)30-21-9-13-38-14-10-21/h2-8,12,16,18,21,24,28-29H,9-11,13-15,17H2,1H3,(H,30,37). The van der Waals surface area contributed by atoms with E-state index in [-0.39, 0.29) is 31.5 Å². The van der Waals surface area contributed by atoms with Crippen molar-refractivity contribution >= 4 is 47.4 Å². The summed E-state index contributed by atoms with van der Waals surface area (Å²) in [4.78, 5) is 41.7. The van der Waals surface area contributed by atoms with Crippen LogP contribution in [0.5, 0.6) is 0 Å². The van der Waals surface area contributed by atoms with Crippen molar-refractivity contribution in [2.24, 2.45) is 5.22 Å². The molecule has 3 N–H and O–H groups in total. The highest BCUT2D eigenvalue weighted by atomic mass is 35.5. The average Bonchev–Trinajstić information content (AvgIpc) is 2.93. The van der Waals surface area contributed by atoms with Gasteiger partial charge in [-0.3, -0.25) is 15.0 Å². The number of hydrogen-bond acceptors (Lipinski definition) is 8. The molecule has 1 aliphatic heterocycles. The summed E-state index contributed by atoms with van der Waals surface area (Å²) in [5, 5.41) is 15.3. The van der Waals surface area contributed by atoms with Gasteiger partial charge >= 0.3 is 0 Å². The zero-order valence-corrected chi connectivity index (χ0v) is 21.9. The van der Waals surface area contributed by atoms with Gasteiger partial charge in [-0.25, -0.2) is 5.01 Å². The Morgan fingerprint density at radius 2 is 1.89 bits per heavy atom. The van der Waals surface area contributed by atoms with Crippen LogP contribution in [-0.2, 0) is 25.5 Å². The second-order valence-corrected chi connectivity index (χ2v) is 9.31. The second kappa shape index (κ2) is 14.2. The quantitative estimate of drug-likeness (QED) is 0.117. The Labute approximate surface area is 226 Å². The molecular formula is C26H32ClN7O4. The van der Waals surface area contributed by atoms with Crippen molar-refractivity contribution < 1.29 is 19.1 Å². The number of anilines is 2. The predicted octanol–water partition coefficient (Wildman–Crippen LogP) is 3.07. The van der Waals surface area contributed by atoms with Crippen LogP contribution in [-0.4, -0.2) is 74.8 Å². The third-order valence-corrected chi connectivity index (χ3v) is 6.54. The van der Waals surface area contributed by atoms with Gasteiger partial charge in [0.15, 0.2) is 0 Å². The molecule has 1 atom stereocenters. The van der Waals surface area contributed by atoms with E-state index in [0.29, 0.717) is 48.7 Å². The number of likely N-dealkylation sites (N-methyl/N-ethyl adjacent to an activating group) is 1. The SMILES string of the molecule is CN(CC(=O)N(CC=O)C(Cc1ccccc1)C(=O)NC1CCOCC1)c1cc(Cl)ccc1N(C=N)N=N. The average molecular weight is 542 g/mol. The maximum absolute atomic E-state index is 13.6. The van der Waals surface area contributed by atoms with Gasteiger partial charge in [-0.1, -0.05) is 47.2 Å². The van der Waals surface area contributed by atoms with E-state index >= 15 is 0 Å². The Morgan fingerprint density at radius 3 is 2.53 bits per heavy atom. The van der Waals surface area contributed by atoms with Gasteiger partial charge in [-0.05, 0) is 36.6 Å². The van der Waals surface area contributed by atoms with E-state index in [0.717, 1.165) is 16.9 Å². The van der Waals surface area contributed by atoms with Gasteiger partial charge in [0.05, 0.1) is 24.5 Å². The fourth-order valence-electron chi connectivity index (χ4n) is 4.33. The molecule has 0 aliphatic carbocycles. The maximum Gasteiger partial charge on any atom is 0.243 e. The summed E-state index contributed by atoms with van der Waals surface area (Å²) >= 11 is 6.19. The second-order valence-electron chi connectivity index (χ2n) is 8.88. The Hall–Kier alpha value is -3.83. The van der Waals surface area contributed by atoms with Crippen LogP contribution in [0.25, 0.3) is 0 Å². The molecule has 1 aliphatic rings. The molecule has 12 heteroatoms. The number of nitrogens with zero attached hydrogens (tertiary/aromatic N) is 4. The summed E-state index contributed by atoms with van der Waals surface area (Å²) in [5.74, 6) is -0.775. The van der Waals surface area contributed by atoms with E-state index < -0.39 is 11.9 Å². The first kappa shape index (κ1) is 28.7. The van der Waals surface area contributed by atoms with Crippen LogP contribution in [0.2, 0.25) is 5.02 Å². The van der Waals surface area contributed by atoms with Gasteiger partial charge in [0.2, 0.25) is 11.8 Å². The zero-order valence-electron chi connectivity index (χ0n) is 21.2. The number of hydrogen-bond donors (Lipinski definition) is 3. The van der Waals surface area contributed by atoms with Crippen molar-refractivity contribution in [2.45, 2.75) is 31.3 Å². The smallest absolute Gasteiger partial charge is 0.243 e. The molecule has 0 aromatic heterocycles. The van der Waals surface area contributed by atoms with Crippen LogP contribution >= 0.6 is 11.6 Å². The van der Waals surface area contributed by atoms with Gasteiger partial charge in [0.25, 0.3) is 0 Å². The number of ether oxygens (including phenoxy) is 1. The summed E-state index contributed by atoms with van der Waals surface area (Å²) < 4.78 is 5.39. The first-order chi connectivity index (χ1) is 18.4. The van der Waals surface area contributed by atoms with Crippen molar-refractivity contribution in [3.63, 3.8) is 0 Å². The van der Waals surface area contributed by atoms with Crippen LogP contribution in [0.4, 0.5) is 11.4 Å². The number of carbonyl (C=O) groups excluding carboxylic acids is 3. The van der Waals surface area contributed by atoms with E-state index in [4.69, 9.17) is 27.3 Å². The minimum Gasteiger partial charge on any atom is -0.381 e. The van der Waals surface area contributed by atoms with E-state index in [2.05, 4.69) is 10.5 Å². The summed E-state index contributed by atoms with van der Waals surface area (Å²) in [6, 6.07) is 13.1. The van der Waals surface area contributed by atoms with Crippen molar-refractivity contribution in [1.29, 1.82) is 10.9 Å². The van der Waals surface area contributed by atoms with Gasteiger partial charge in [0, 0.05) is 37.7 Å². The molecule has 38 heavy (non-hydrogen) atoms. The number of rotatable bonds is 13. The third-order valence-electron chi connectivity index (χ3n) is 6.31. The van der Waals surface area contributed by atoms with Crippen molar-refractivity contribution in [1.82, 2.24) is 10.2 Å². The first-order valence-corrected chi connectivity index (χ1v) is 12.6. The Balaban J connectivity index is 1.88. The lowest BCUT2D eigenvalue weighted by atomic mass is 10.0. The maximum atomic E-state index is 13.6. The lowest BCUT2D eigenvalue weighted by Crippen LogP contribution is -2.55. The Kier molecular flexibility index (Phi) is 10.7. The molecule has 0 bridgehead atoms. The number of nitrogens with one attached hydrogen (secondary N) is 3. The predicted molar refractivity (Wildman–Crippen MR) is 145 cm³/mol. The first-order valence-electron chi connectivity index (χ1n) is 12.2. The van der Waals surface area contributed by atoms with Gasteiger partial charge in [-0.2, -0.15) is 5.53 Å². The molecule has 3 rings (SSSR count). The molecule has 2 amide bonds. The molecule has 11 nitrogen and oxygen atoms in total. The zero-order chi connectivity index (χ0) is 27.5. The molecule has 1 heterocycles. The monoisotopic (exact) mass is 541 g/mol. The normalized spacial score (nSPS) is 14.2. The number of amides is 2. The number of carbonyl (C=O) groups is 3. The molecule has 2 aromatic rings. The minimum absolute atomic E-state index is 0.0693. The summed E-state index contributed by atoms with van der Waals surface area (Å²) in [7, 11) is 1.65. The van der Waals surface area contributed by atoms with Gasteiger partial charge in [-0.15, -0.1) is 0 Å². The number of benzene rings is 2. The third kappa shape index (κ3) is 7.59. The number of aldehydes is 1. The molecule has 202 valence electrons. The molecule has 2 aromatic carbocycles. The summed E-state index contributed by atoms with van der Waals surface area (Å²) in [6.07, 6.45) is 3.07. The van der Waals surface area contributed by atoms with Crippen molar-refractivity contribution in [3.8, 4) is 0 Å². The fourth-order valence-corrected chi connectivity index (χ4v) is 4.50. The molecule has 1 saturated heterocycles. The van der Waals surface area contributed by atoms with Crippen LogP contribution in [0.15, 0.2) is 53.8 Å². The van der Waals surface area contributed by atoms with E-state index in [9.17, 15) is 14.4 Å². The van der Waals surface area contributed by atoms with Crippen LogP contribution in [0.3, 0.4) is 0 Å². The lowest BCUT2D eigenvalue weighted by Gasteiger charge is -2.33. The van der Waals surface area contributed by atoms with E-state index in [1.54, 1.807) is 30.1 Å². The van der Waals surface area contributed by atoms with Crippen LogP contribution in [0, 0.1) is 10.9 Å². The summed E-state index contributed by atoms with van der Waals surface area (Å²) in [6.45, 7) is 0.647. The van der Waals surface area contributed by atoms with Crippen molar-refractivity contribution in [3.05, 3.63) is 59.1 Å². The molecule has 0 spiro atoms. The molecule has 1 fully saturated rings. The van der Waals surface area contributed by atoms with E-state index in [1.807, 2.05) is 30.3 Å². The Bertz CT molecular complexity index is 1120. The number of halogens is 1. The van der Waals surface area contributed by atoms with Crippen LogP contribution in [0.1, 0.15) is 18.4 Å². The fraction of sp³-hybridized carbons (Fsp3) is 0.385. The highest BCUT2D eigenvalue weighted by Crippen LogP contribution is 2.31. The van der Waals surface area contributed by atoms with E-state index in [1.165, 1.54) is 4.90 Å². The molecular weight excluding hydrogens is 510 g/mol. The van der Waals surface area contributed by atoms with Crippen LogP contribution < -0.4 is 15.2 Å². The molecule has 0 radical (unpaired) electrons. The summed E-state index contributed by atoms with van der Waals surface area (Å²) in [5.41, 5.74) is 9.02. The van der Waals surface area contributed by atoms with Gasteiger partial charge in [0.1, 0.15) is 18.7 Å². The largest absolute Gasteiger partial charge is 0.381 e. The highest BCUT2D eigenvalue weighted by Gasteiger charge is 2.32. The lowest BCUT2D eigenvalue weighted by molar-refractivity contribution is -0.141. The topological polar surface area (TPSA) is 142 Å². The highest BCUT2D eigenvalue weighted by molar-refractivity contribution is 6.31.